The summed E-state index contributed by atoms with van der Waals surface area (Å²) in [5.41, 5.74) is 0.702. The van der Waals surface area contributed by atoms with Crippen LogP contribution in [0.15, 0.2) is 0 Å². The quantitative estimate of drug-likeness (QED) is 0.746. The minimum atomic E-state index is -0.0814. The fraction of sp³-hybridized carbons (Fsp3) is 0.955. The second-order valence-electron chi connectivity index (χ2n) is 10.4. The number of hydrogen-bond donors (Lipinski definition) is 1. The van der Waals surface area contributed by atoms with Crippen LogP contribution in [-0.2, 0) is 4.79 Å². The van der Waals surface area contributed by atoms with E-state index < -0.39 is 0 Å². The van der Waals surface area contributed by atoms with Crippen LogP contribution in [0.3, 0.4) is 0 Å². The Morgan fingerprint density at radius 1 is 1.00 bits per heavy atom. The van der Waals surface area contributed by atoms with Crippen LogP contribution in [0.4, 0.5) is 0 Å². The molecule has 0 amide bonds. The maximum atomic E-state index is 12.2. The van der Waals surface area contributed by atoms with Gasteiger partial charge in [0, 0.05) is 5.92 Å². The number of carbonyl (C=O) groups is 1. The maximum absolute atomic E-state index is 12.2. The highest BCUT2D eigenvalue weighted by molar-refractivity contribution is 5.79. The van der Waals surface area contributed by atoms with Crippen LogP contribution in [0.1, 0.15) is 79.1 Å². The SMILES string of the molecule is CC(=O)[C@H]1CCC2C3CC[C@H]4C[C@H](O)[C@@H](C)C[C@]4(C)C3CC[C@@]21C. The van der Waals surface area contributed by atoms with Crippen LogP contribution in [0.5, 0.6) is 0 Å². The Balaban J connectivity index is 1.62. The maximum Gasteiger partial charge on any atom is 0.133 e. The third-order valence-corrected chi connectivity index (χ3v) is 9.50. The lowest BCUT2D eigenvalue weighted by molar-refractivity contribution is -0.146. The number of aliphatic hydroxyl groups is 1. The van der Waals surface area contributed by atoms with Crippen molar-refractivity contribution in [3.05, 3.63) is 0 Å². The van der Waals surface area contributed by atoms with Crippen LogP contribution >= 0.6 is 0 Å². The summed E-state index contributed by atoms with van der Waals surface area (Å²) in [5, 5.41) is 10.4. The lowest BCUT2D eigenvalue weighted by Crippen LogP contribution is -2.55. The molecule has 0 bridgehead atoms. The van der Waals surface area contributed by atoms with E-state index in [0.717, 1.165) is 36.5 Å². The molecule has 136 valence electrons. The average Bonchev–Trinajstić information content (AvgIpc) is 2.86. The Labute approximate surface area is 147 Å². The van der Waals surface area contributed by atoms with Gasteiger partial charge in [-0.3, -0.25) is 4.79 Å². The average molecular weight is 333 g/mol. The van der Waals surface area contributed by atoms with Gasteiger partial charge in [-0.15, -0.1) is 0 Å². The number of ketones is 1. The first-order valence-corrected chi connectivity index (χ1v) is 10.5. The number of rotatable bonds is 1. The summed E-state index contributed by atoms with van der Waals surface area (Å²) in [6.45, 7) is 9.07. The zero-order valence-corrected chi connectivity index (χ0v) is 16.1. The molecule has 0 heterocycles. The van der Waals surface area contributed by atoms with Crippen LogP contribution in [-0.4, -0.2) is 17.0 Å². The Morgan fingerprint density at radius 3 is 2.42 bits per heavy atom. The second kappa shape index (κ2) is 5.56. The van der Waals surface area contributed by atoms with E-state index in [1.54, 1.807) is 0 Å². The summed E-state index contributed by atoms with van der Waals surface area (Å²) in [5.74, 6) is 4.36. The Kier molecular flexibility index (Phi) is 3.95. The van der Waals surface area contributed by atoms with Crippen molar-refractivity contribution in [1.82, 2.24) is 0 Å². The molecular weight excluding hydrogens is 296 g/mol. The Morgan fingerprint density at radius 2 is 1.71 bits per heavy atom. The van der Waals surface area contributed by atoms with Gasteiger partial charge in [0.15, 0.2) is 0 Å². The Hall–Kier alpha value is -0.370. The normalized spacial score (nSPS) is 57.0. The van der Waals surface area contributed by atoms with E-state index >= 15 is 0 Å². The molecule has 0 saturated heterocycles. The molecule has 0 aliphatic heterocycles. The second-order valence-corrected chi connectivity index (χ2v) is 10.4. The lowest BCUT2D eigenvalue weighted by Gasteiger charge is -2.61. The van der Waals surface area contributed by atoms with E-state index in [2.05, 4.69) is 20.8 Å². The van der Waals surface area contributed by atoms with Gasteiger partial charge in [-0.05, 0) is 98.7 Å². The van der Waals surface area contributed by atoms with Gasteiger partial charge in [0.1, 0.15) is 5.78 Å². The predicted octanol–water partition coefficient (Wildman–Crippen LogP) is 4.84. The standard InChI is InChI=1S/C22H36O2/c1-13-12-22(4)15(11-20(13)24)5-6-16-18-8-7-17(14(2)23)21(18,3)10-9-19(16)22/h13,15-20,24H,5-12H2,1-4H3/t13-,15-,16?,17+,18?,19?,20-,21+,22-/m0/s1. The number of fused-ring (bicyclic) bond motifs is 5. The van der Waals surface area contributed by atoms with Crippen molar-refractivity contribution < 1.29 is 9.90 Å². The fourth-order valence-corrected chi connectivity index (χ4v) is 8.26. The van der Waals surface area contributed by atoms with Crippen LogP contribution in [0.25, 0.3) is 0 Å². The molecule has 2 heteroatoms. The summed E-state index contributed by atoms with van der Waals surface area (Å²) >= 11 is 0. The first-order chi connectivity index (χ1) is 11.3. The van der Waals surface area contributed by atoms with Gasteiger partial charge in [-0.2, -0.15) is 0 Å². The molecule has 3 unspecified atom stereocenters. The minimum absolute atomic E-state index is 0.0814. The molecule has 24 heavy (non-hydrogen) atoms. The van der Waals surface area contributed by atoms with Crippen molar-refractivity contribution in [3.63, 3.8) is 0 Å². The summed E-state index contributed by atoms with van der Waals surface area (Å²) in [6.07, 6.45) is 9.78. The zero-order valence-electron chi connectivity index (χ0n) is 16.1. The molecule has 4 aliphatic rings. The van der Waals surface area contributed by atoms with Gasteiger partial charge in [0.05, 0.1) is 6.10 Å². The van der Waals surface area contributed by atoms with Crippen LogP contribution in [0.2, 0.25) is 0 Å². The topological polar surface area (TPSA) is 37.3 Å². The summed E-state index contributed by atoms with van der Waals surface area (Å²) in [4.78, 5) is 12.2. The molecule has 2 nitrogen and oxygen atoms in total. The van der Waals surface area contributed by atoms with Gasteiger partial charge >= 0.3 is 0 Å². The molecule has 4 aliphatic carbocycles. The fourth-order valence-electron chi connectivity index (χ4n) is 8.26. The molecule has 4 fully saturated rings. The number of aliphatic hydroxyl groups excluding tert-OH is 1. The molecular formula is C22H36O2. The van der Waals surface area contributed by atoms with E-state index in [9.17, 15) is 9.90 Å². The van der Waals surface area contributed by atoms with Crippen LogP contribution < -0.4 is 0 Å². The first kappa shape index (κ1) is 17.1. The molecule has 4 rings (SSSR count). The zero-order chi connectivity index (χ0) is 17.3. The van der Waals surface area contributed by atoms with Gasteiger partial charge in [0.25, 0.3) is 0 Å². The van der Waals surface area contributed by atoms with E-state index in [0.29, 0.717) is 23.0 Å². The first-order valence-electron chi connectivity index (χ1n) is 10.5. The van der Waals surface area contributed by atoms with Gasteiger partial charge in [-0.1, -0.05) is 20.8 Å². The molecule has 0 spiro atoms. The van der Waals surface area contributed by atoms with Crippen molar-refractivity contribution >= 4 is 5.78 Å². The van der Waals surface area contributed by atoms with E-state index in [-0.39, 0.29) is 11.5 Å². The van der Waals surface area contributed by atoms with Crippen molar-refractivity contribution in [2.24, 2.45) is 46.3 Å². The van der Waals surface area contributed by atoms with Gasteiger partial charge in [-0.25, -0.2) is 0 Å². The van der Waals surface area contributed by atoms with Gasteiger partial charge in [0.2, 0.25) is 0 Å². The number of hydrogen-bond acceptors (Lipinski definition) is 2. The molecule has 0 radical (unpaired) electrons. The molecule has 9 atom stereocenters. The van der Waals surface area contributed by atoms with E-state index in [4.69, 9.17) is 0 Å². The van der Waals surface area contributed by atoms with Crippen molar-refractivity contribution in [2.75, 3.05) is 0 Å². The molecule has 1 N–H and O–H groups in total. The summed E-state index contributed by atoms with van der Waals surface area (Å²) in [6, 6.07) is 0. The highest BCUT2D eigenvalue weighted by atomic mass is 16.3. The molecule has 0 aromatic carbocycles. The van der Waals surface area contributed by atoms with Crippen LogP contribution in [0, 0.1) is 46.3 Å². The number of Topliss-reactive ketones (excluding diaryl/α,β-unsaturated/α-hetero) is 1. The lowest BCUT2D eigenvalue weighted by atomic mass is 9.44. The predicted molar refractivity (Wildman–Crippen MR) is 96.5 cm³/mol. The highest BCUT2D eigenvalue weighted by Gasteiger charge is 2.61. The van der Waals surface area contributed by atoms with Crippen molar-refractivity contribution in [1.29, 1.82) is 0 Å². The monoisotopic (exact) mass is 332 g/mol. The number of carbonyl (C=O) groups excluding carboxylic acids is 1. The molecule has 4 saturated carbocycles. The van der Waals surface area contributed by atoms with Crippen molar-refractivity contribution in [2.45, 2.75) is 85.2 Å². The minimum Gasteiger partial charge on any atom is -0.393 e. The third kappa shape index (κ3) is 2.20. The van der Waals surface area contributed by atoms with E-state index in [1.165, 1.54) is 38.5 Å². The smallest absolute Gasteiger partial charge is 0.133 e. The Bertz CT molecular complexity index is 528. The van der Waals surface area contributed by atoms with Crippen molar-refractivity contribution in [3.8, 4) is 0 Å². The summed E-state index contributed by atoms with van der Waals surface area (Å²) < 4.78 is 0. The van der Waals surface area contributed by atoms with Gasteiger partial charge < -0.3 is 5.11 Å². The summed E-state index contributed by atoms with van der Waals surface area (Å²) in [7, 11) is 0. The van der Waals surface area contributed by atoms with E-state index in [1.807, 2.05) is 6.92 Å². The largest absolute Gasteiger partial charge is 0.393 e. The molecule has 0 aromatic rings. The molecule has 0 aromatic heterocycles. The third-order valence-electron chi connectivity index (χ3n) is 9.50. The highest BCUT2D eigenvalue weighted by Crippen LogP contribution is 2.67.